The van der Waals surface area contributed by atoms with Crippen LogP contribution in [0.2, 0.25) is 0 Å². The summed E-state index contributed by atoms with van der Waals surface area (Å²) in [5.74, 6) is 0. The maximum Gasteiger partial charge on any atom is 0.705 e. The standard InChI is InChI=1S/4CH2O.Co.F3Si/c4*1-2;;1-4(2)3/h4*1H2;;. The third-order valence-corrected chi connectivity index (χ3v) is 0. The van der Waals surface area contributed by atoms with Crippen molar-refractivity contribution in [3.05, 3.63) is 0 Å². The molecule has 2 radical (unpaired) electrons. The van der Waals surface area contributed by atoms with Crippen LogP contribution in [0.15, 0.2) is 0 Å². The van der Waals surface area contributed by atoms with Gasteiger partial charge < -0.3 is 19.2 Å². The number of hydrogen-bond donors (Lipinski definition) is 0. The maximum atomic E-state index is 9.77. The fourth-order valence-corrected chi connectivity index (χ4v) is 0. The monoisotopic (exact) mass is 264 g/mol. The summed E-state index contributed by atoms with van der Waals surface area (Å²) < 4.78 is 29.3. The van der Waals surface area contributed by atoms with E-state index in [2.05, 4.69) is 0 Å². The van der Waals surface area contributed by atoms with Gasteiger partial charge in [-0.3, -0.25) is 0 Å². The quantitative estimate of drug-likeness (QED) is 0.461. The van der Waals surface area contributed by atoms with Gasteiger partial charge in [-0.05, 0) is 0 Å². The van der Waals surface area contributed by atoms with Crippen LogP contribution in [0.1, 0.15) is 0 Å². The van der Waals surface area contributed by atoms with Crippen LogP contribution in [-0.2, 0) is 36.0 Å². The fraction of sp³-hybridized carbons (Fsp3) is 0. The smallest absolute Gasteiger partial charge is 0.307 e. The molecule has 0 unspecified atom stereocenters. The predicted octanol–water partition coefficient (Wildman–Crippen LogP) is 0.138. The topological polar surface area (TPSA) is 68.3 Å². The van der Waals surface area contributed by atoms with Gasteiger partial charge in [-0.25, -0.2) is 12.3 Å². The van der Waals surface area contributed by atoms with Crippen molar-refractivity contribution in [1.29, 1.82) is 0 Å². The molecule has 4 nitrogen and oxygen atoms in total. The van der Waals surface area contributed by atoms with Gasteiger partial charge in [0.1, 0.15) is 27.2 Å². The van der Waals surface area contributed by atoms with Crippen LogP contribution >= 0.6 is 0 Å². The number of carbonyl (C=O) groups excluding carboxylic acids is 4. The molecule has 9 heteroatoms. The van der Waals surface area contributed by atoms with Gasteiger partial charge >= 0.3 is 9.80 Å². The van der Waals surface area contributed by atoms with Gasteiger partial charge in [0.05, 0.1) is 0 Å². The minimum Gasteiger partial charge on any atom is -0.307 e. The van der Waals surface area contributed by atoms with Crippen LogP contribution in [0.3, 0.4) is 0 Å². The van der Waals surface area contributed by atoms with Gasteiger partial charge in [-0.2, -0.15) is 0 Å². The zero-order chi connectivity index (χ0) is 11.6. The summed E-state index contributed by atoms with van der Waals surface area (Å²) in [6, 6.07) is 0. The largest absolute Gasteiger partial charge is 0.705 e. The van der Waals surface area contributed by atoms with E-state index in [1.807, 2.05) is 27.2 Å². The van der Waals surface area contributed by atoms with Gasteiger partial charge in [0.2, 0.25) is 0 Å². The maximum absolute atomic E-state index is 9.77. The zero-order valence-electron chi connectivity index (χ0n) is 6.43. The first-order valence-corrected chi connectivity index (χ1v) is 2.86. The molecule has 0 aliphatic heterocycles. The van der Waals surface area contributed by atoms with Gasteiger partial charge in [0, 0.05) is 16.8 Å². The molecule has 0 saturated heterocycles. The van der Waals surface area contributed by atoms with E-state index in [0.717, 1.165) is 0 Å². The second kappa shape index (κ2) is 242. The molecule has 0 N–H and O–H groups in total. The Morgan fingerprint density at radius 3 is 0.615 bits per heavy atom. The van der Waals surface area contributed by atoms with E-state index in [-0.39, 0.29) is 16.8 Å². The fourth-order valence-electron chi connectivity index (χ4n) is 0. The van der Waals surface area contributed by atoms with Crippen molar-refractivity contribution in [3.63, 3.8) is 0 Å². The Hall–Kier alpha value is -0.807. The normalized spacial score (nSPS) is 4.00. The van der Waals surface area contributed by atoms with Crippen LogP contribution in [-0.4, -0.2) is 37.0 Å². The minimum absolute atomic E-state index is 0. The molecule has 0 aromatic heterocycles. The molecule has 0 fully saturated rings. The Labute approximate surface area is 85.8 Å². The van der Waals surface area contributed by atoms with Crippen LogP contribution in [0, 0.1) is 0 Å². The summed E-state index contributed by atoms with van der Waals surface area (Å²) in [5.41, 5.74) is 0. The SMILES string of the molecule is C=O.C=O.C=O.C=O.F[Si](F)F.[Co]. The first-order chi connectivity index (χ1) is 5.73. The van der Waals surface area contributed by atoms with Crippen LogP contribution < -0.4 is 0 Å². The summed E-state index contributed by atoms with van der Waals surface area (Å²) in [6.07, 6.45) is 0. The zero-order valence-corrected chi connectivity index (χ0v) is 8.47. The third kappa shape index (κ3) is 1450. The molecular weight excluding hydrogens is 256 g/mol. The van der Waals surface area contributed by atoms with E-state index >= 15 is 0 Å². The Morgan fingerprint density at radius 1 is 0.615 bits per heavy atom. The third-order valence-electron chi connectivity index (χ3n) is 0. The van der Waals surface area contributed by atoms with Crippen molar-refractivity contribution < 1.29 is 48.3 Å². The van der Waals surface area contributed by atoms with Gasteiger partial charge in [-0.1, -0.05) is 0 Å². The molecule has 13 heavy (non-hydrogen) atoms. The first-order valence-electron chi connectivity index (χ1n) is 1.72. The van der Waals surface area contributed by atoms with Crippen molar-refractivity contribution in [3.8, 4) is 0 Å². The Kier molecular flexibility index (Phi) is 741. The molecule has 0 bridgehead atoms. The van der Waals surface area contributed by atoms with Crippen LogP contribution in [0.25, 0.3) is 0 Å². The average molecular weight is 264 g/mol. The van der Waals surface area contributed by atoms with E-state index in [1.165, 1.54) is 0 Å². The molecule has 0 aromatic rings. The number of hydrogen-bond acceptors (Lipinski definition) is 4. The van der Waals surface area contributed by atoms with Crippen molar-refractivity contribution in [2.45, 2.75) is 0 Å². The molecule has 0 saturated carbocycles. The molecule has 0 spiro atoms. The Morgan fingerprint density at radius 2 is 0.615 bits per heavy atom. The molecule has 82 valence electrons. The molecule has 0 aromatic carbocycles. The molecule has 0 aliphatic rings. The van der Waals surface area contributed by atoms with Gasteiger partial charge in [0.15, 0.2) is 0 Å². The molecule has 0 amide bonds. The second-order valence-corrected chi connectivity index (χ2v) is 0.643. The number of rotatable bonds is 0. The first kappa shape index (κ1) is 39.8. The van der Waals surface area contributed by atoms with Crippen LogP contribution in [0.4, 0.5) is 12.3 Å². The van der Waals surface area contributed by atoms with Crippen molar-refractivity contribution >= 4 is 37.0 Å². The van der Waals surface area contributed by atoms with E-state index in [4.69, 9.17) is 19.2 Å². The molecule has 0 rings (SSSR count). The second-order valence-electron chi connectivity index (χ2n) is 0.214. The Balaban J connectivity index is -0.0000000122. The summed E-state index contributed by atoms with van der Waals surface area (Å²) in [7, 11) is -4.38. The van der Waals surface area contributed by atoms with Gasteiger partial charge in [0.25, 0.3) is 0 Å². The molecule has 0 aliphatic carbocycles. The summed E-state index contributed by atoms with van der Waals surface area (Å²) in [4.78, 5) is 32.0. The molecule has 0 heterocycles. The van der Waals surface area contributed by atoms with E-state index in [9.17, 15) is 12.3 Å². The molecule has 0 atom stereocenters. The van der Waals surface area contributed by atoms with Crippen molar-refractivity contribution in [2.75, 3.05) is 0 Å². The number of halogens is 3. The minimum atomic E-state index is -4.38. The van der Waals surface area contributed by atoms with Crippen LogP contribution in [0.5, 0.6) is 0 Å². The number of carbonyl (C=O) groups is 4. The van der Waals surface area contributed by atoms with Crippen molar-refractivity contribution in [2.24, 2.45) is 0 Å². The average Bonchev–Trinajstić information content (AvgIpc) is 2.16. The van der Waals surface area contributed by atoms with E-state index < -0.39 is 9.80 Å². The summed E-state index contributed by atoms with van der Waals surface area (Å²) >= 11 is 0. The van der Waals surface area contributed by atoms with Gasteiger partial charge in [-0.15, -0.1) is 0 Å². The van der Waals surface area contributed by atoms with E-state index in [1.54, 1.807) is 0 Å². The van der Waals surface area contributed by atoms with Crippen molar-refractivity contribution in [1.82, 2.24) is 0 Å². The van der Waals surface area contributed by atoms with E-state index in [0.29, 0.717) is 0 Å². The Bertz CT molecular complexity index is 53.9. The predicted molar refractivity (Wildman–Crippen MR) is 37.6 cm³/mol. The summed E-state index contributed by atoms with van der Waals surface area (Å²) in [5, 5.41) is 0. The summed E-state index contributed by atoms with van der Waals surface area (Å²) in [6.45, 7) is 8.00. The molecular formula is C4H8CoF3O4Si.